The van der Waals surface area contributed by atoms with Gasteiger partial charge in [-0.05, 0) is 96.8 Å². The maximum absolute atomic E-state index is 11.4. The van der Waals surface area contributed by atoms with Crippen LogP contribution in [-0.2, 0) is 0 Å². The van der Waals surface area contributed by atoms with Gasteiger partial charge >= 0.3 is 0 Å². The van der Waals surface area contributed by atoms with Crippen LogP contribution in [0.3, 0.4) is 0 Å². The summed E-state index contributed by atoms with van der Waals surface area (Å²) >= 11 is 0. The molecule has 242 valence electrons. The van der Waals surface area contributed by atoms with Crippen molar-refractivity contribution in [1.29, 1.82) is 0 Å². The van der Waals surface area contributed by atoms with Crippen LogP contribution in [0.5, 0.6) is 28.7 Å². The van der Waals surface area contributed by atoms with E-state index in [9.17, 15) is 25.5 Å². The lowest BCUT2D eigenvalue weighted by molar-refractivity contribution is 0.348. The Morgan fingerprint density at radius 1 is 0.392 bits per heavy atom. The van der Waals surface area contributed by atoms with Crippen LogP contribution in [0.25, 0.3) is 88.0 Å². The summed E-state index contributed by atoms with van der Waals surface area (Å²) in [4.78, 5) is 0. The Labute approximate surface area is 292 Å². The Morgan fingerprint density at radius 3 is 1.63 bits per heavy atom. The summed E-state index contributed by atoms with van der Waals surface area (Å²) in [5.74, 6) is -2.97. The van der Waals surface area contributed by atoms with Gasteiger partial charge in [0.2, 0.25) is 11.5 Å². The predicted octanol–water partition coefficient (Wildman–Crippen LogP) is 9.88. The van der Waals surface area contributed by atoms with Crippen molar-refractivity contribution < 1.29 is 29.9 Å². The summed E-state index contributed by atoms with van der Waals surface area (Å²) in [7, 11) is 6.44. The van der Waals surface area contributed by atoms with Gasteiger partial charge in [-0.15, -0.1) is 0 Å². The molecular weight excluding hydrogens is 635 g/mol. The zero-order valence-corrected chi connectivity index (χ0v) is 26.9. The topological polar surface area (TPSA) is 114 Å². The van der Waals surface area contributed by atoms with Crippen LogP contribution < -0.4 is 5.46 Å². The van der Waals surface area contributed by atoms with E-state index in [0.29, 0.717) is 22.3 Å². The van der Waals surface area contributed by atoms with E-state index in [1.165, 1.54) is 0 Å². The molecule has 0 aliphatic carbocycles. The molecule has 2 radical (unpaired) electrons. The average molecular weight is 663 g/mol. The van der Waals surface area contributed by atoms with E-state index in [4.69, 9.17) is 12.3 Å². The fourth-order valence-corrected chi connectivity index (χ4v) is 7.49. The third kappa shape index (κ3) is 4.52. The summed E-state index contributed by atoms with van der Waals surface area (Å²) < 4.78 is 6.36. The maximum atomic E-state index is 11.4. The van der Waals surface area contributed by atoms with Crippen molar-refractivity contribution in [3.8, 4) is 73.3 Å². The highest BCUT2D eigenvalue weighted by Gasteiger charge is 2.28. The van der Waals surface area contributed by atoms with Crippen LogP contribution in [0.2, 0.25) is 0 Å². The van der Waals surface area contributed by atoms with Gasteiger partial charge in [0, 0.05) is 21.9 Å². The summed E-state index contributed by atoms with van der Waals surface area (Å²) in [6.07, 6.45) is 0. The Balaban J connectivity index is 1.45. The molecule has 0 saturated carbocycles. The first-order valence-electron chi connectivity index (χ1n) is 16.4. The standard InChI is InChI=1S/C44H27BO6/c45-40-39(41(47)43(49)44(50)42(40)48)32-20-21-34-37(31-14-5-6-15-33(31)51-34)38(32)36-29-12-3-1-10-27(29)35(28-11-2-4-13-30(28)36)25-9-7-8-24(22-25)23-16-18-26(46)19-17-23/h1-22,46-50H. The van der Waals surface area contributed by atoms with Crippen molar-refractivity contribution in [3.63, 3.8) is 0 Å². The molecule has 0 saturated heterocycles. The van der Waals surface area contributed by atoms with Crippen LogP contribution in [0.15, 0.2) is 138 Å². The van der Waals surface area contributed by atoms with Crippen LogP contribution in [0.1, 0.15) is 0 Å². The van der Waals surface area contributed by atoms with Crippen molar-refractivity contribution in [3.05, 3.63) is 133 Å². The molecule has 0 fully saturated rings. The van der Waals surface area contributed by atoms with Gasteiger partial charge < -0.3 is 29.9 Å². The number of furan rings is 1. The maximum Gasteiger partial charge on any atom is 0.204 e. The Morgan fingerprint density at radius 2 is 0.961 bits per heavy atom. The highest BCUT2D eigenvalue weighted by molar-refractivity contribution is 6.40. The first kappa shape index (κ1) is 30.2. The third-order valence-corrected chi connectivity index (χ3v) is 9.78. The molecule has 5 N–H and O–H groups in total. The number of para-hydroxylation sites is 1. The zero-order valence-electron chi connectivity index (χ0n) is 26.9. The van der Waals surface area contributed by atoms with Gasteiger partial charge in [-0.1, -0.05) is 97.1 Å². The monoisotopic (exact) mass is 662 g/mol. The number of rotatable bonds is 4. The van der Waals surface area contributed by atoms with E-state index in [1.54, 1.807) is 24.3 Å². The Kier molecular flexibility index (Phi) is 6.73. The molecule has 8 aromatic carbocycles. The summed E-state index contributed by atoms with van der Waals surface area (Å²) in [6, 6.07) is 42.9. The molecule has 0 unspecified atom stereocenters. The highest BCUT2D eigenvalue weighted by Crippen LogP contribution is 2.53. The molecule has 0 aliphatic rings. The Bertz CT molecular complexity index is 2790. The summed E-state index contributed by atoms with van der Waals surface area (Å²) in [5, 5.41) is 58.5. The molecule has 0 amide bonds. The van der Waals surface area contributed by atoms with Crippen molar-refractivity contribution in [1.82, 2.24) is 0 Å². The van der Waals surface area contributed by atoms with Crippen LogP contribution >= 0.6 is 0 Å². The van der Waals surface area contributed by atoms with Gasteiger partial charge in [0.05, 0.1) is 0 Å². The molecule has 0 aliphatic heterocycles. The fourth-order valence-electron chi connectivity index (χ4n) is 7.49. The van der Waals surface area contributed by atoms with E-state index in [-0.39, 0.29) is 16.8 Å². The first-order chi connectivity index (χ1) is 24.8. The molecule has 9 rings (SSSR count). The molecule has 0 bridgehead atoms. The van der Waals surface area contributed by atoms with Crippen LogP contribution in [0, 0.1) is 0 Å². The largest absolute Gasteiger partial charge is 0.508 e. The second kappa shape index (κ2) is 11.4. The summed E-state index contributed by atoms with van der Waals surface area (Å²) in [6.45, 7) is 0. The molecular formula is C44H27BO6. The smallest absolute Gasteiger partial charge is 0.204 e. The molecule has 9 aromatic rings. The minimum Gasteiger partial charge on any atom is -0.508 e. The van der Waals surface area contributed by atoms with Crippen molar-refractivity contribution in [2.24, 2.45) is 0 Å². The molecule has 6 nitrogen and oxygen atoms in total. The van der Waals surface area contributed by atoms with Gasteiger partial charge in [-0.2, -0.15) is 0 Å². The van der Waals surface area contributed by atoms with Gasteiger partial charge in [0.25, 0.3) is 0 Å². The first-order valence-corrected chi connectivity index (χ1v) is 16.4. The number of benzene rings is 8. The van der Waals surface area contributed by atoms with Crippen molar-refractivity contribution >= 4 is 56.8 Å². The molecule has 7 heteroatoms. The summed E-state index contributed by atoms with van der Waals surface area (Å²) in [5.41, 5.74) is 6.87. The van der Waals surface area contributed by atoms with Crippen LogP contribution in [-0.4, -0.2) is 33.4 Å². The molecule has 1 heterocycles. The van der Waals surface area contributed by atoms with E-state index in [1.807, 2.05) is 72.8 Å². The van der Waals surface area contributed by atoms with E-state index in [2.05, 4.69) is 36.4 Å². The molecule has 0 spiro atoms. The molecule has 1 aromatic heterocycles. The van der Waals surface area contributed by atoms with Gasteiger partial charge in [0.15, 0.2) is 11.5 Å². The Hall–Kier alpha value is -6.86. The van der Waals surface area contributed by atoms with E-state index in [0.717, 1.165) is 60.1 Å². The SMILES string of the molecule is [B]c1c(O)c(O)c(O)c(O)c1-c1ccc2oc3ccccc3c2c1-c1c2ccccc2c(-c2cccc(-c3ccc(O)cc3)c2)c2ccccc12. The lowest BCUT2D eigenvalue weighted by Gasteiger charge is -2.22. The van der Waals surface area contributed by atoms with E-state index < -0.39 is 23.0 Å². The number of hydrogen-bond donors (Lipinski definition) is 5. The van der Waals surface area contributed by atoms with Crippen molar-refractivity contribution in [2.75, 3.05) is 0 Å². The highest BCUT2D eigenvalue weighted by atomic mass is 16.3. The normalized spacial score (nSPS) is 11.6. The number of phenols is 5. The number of aromatic hydroxyl groups is 5. The molecule has 51 heavy (non-hydrogen) atoms. The number of phenolic OH excluding ortho intramolecular Hbond substituents is 5. The van der Waals surface area contributed by atoms with Crippen molar-refractivity contribution in [2.45, 2.75) is 0 Å². The minimum absolute atomic E-state index is 0.0242. The van der Waals surface area contributed by atoms with Gasteiger partial charge in [-0.25, -0.2) is 0 Å². The zero-order chi connectivity index (χ0) is 35.0. The number of hydrogen-bond acceptors (Lipinski definition) is 6. The second-order valence-electron chi connectivity index (χ2n) is 12.6. The molecule has 0 atom stereocenters. The van der Waals surface area contributed by atoms with E-state index >= 15 is 0 Å². The lowest BCUT2D eigenvalue weighted by atomic mass is 9.78. The van der Waals surface area contributed by atoms with Crippen LogP contribution in [0.4, 0.5) is 0 Å². The quantitative estimate of drug-likeness (QED) is 0.0555. The third-order valence-electron chi connectivity index (χ3n) is 9.78. The lowest BCUT2D eigenvalue weighted by Crippen LogP contribution is -2.09. The number of fused-ring (bicyclic) bond motifs is 5. The van der Waals surface area contributed by atoms with Gasteiger partial charge in [0.1, 0.15) is 24.8 Å². The fraction of sp³-hybridized carbons (Fsp3) is 0. The second-order valence-corrected chi connectivity index (χ2v) is 12.6. The minimum atomic E-state index is -0.903. The van der Waals surface area contributed by atoms with Gasteiger partial charge in [-0.3, -0.25) is 0 Å². The predicted molar refractivity (Wildman–Crippen MR) is 204 cm³/mol. The average Bonchev–Trinajstić information content (AvgIpc) is 3.55.